The SMILES string of the molecule is O=C(OCc1cc(OC(=O)c2cc(I)cc(I)c2O)cc(OC(=O)c2cc(I)cc(I)c2O)c1)c1cc(I)c(S(=O)(=O)[O-])c(I)c1. The molecule has 0 aliphatic rings. The Morgan fingerprint density at radius 3 is 1.48 bits per heavy atom. The molecule has 0 spiro atoms. The highest BCUT2D eigenvalue weighted by atomic mass is 127. The van der Waals surface area contributed by atoms with Gasteiger partial charge >= 0.3 is 17.9 Å². The van der Waals surface area contributed by atoms with Crippen molar-refractivity contribution in [2.75, 3.05) is 0 Å². The lowest BCUT2D eigenvalue weighted by atomic mass is 10.2. The number of rotatable bonds is 8. The fraction of sp³-hybridized carbons (Fsp3) is 0.0357. The second-order valence-corrected chi connectivity index (χ2v) is 17.4. The number of phenols is 2. The molecule has 0 aliphatic carbocycles. The van der Waals surface area contributed by atoms with Gasteiger partial charge in [0, 0.05) is 20.3 Å². The maximum Gasteiger partial charge on any atom is 0.347 e. The molecule has 18 heteroatoms. The molecule has 2 N–H and O–H groups in total. The van der Waals surface area contributed by atoms with Crippen molar-refractivity contribution in [2.45, 2.75) is 11.5 Å². The Morgan fingerprint density at radius 2 is 1.07 bits per heavy atom. The van der Waals surface area contributed by atoms with Crippen LogP contribution < -0.4 is 9.47 Å². The van der Waals surface area contributed by atoms with Gasteiger partial charge in [-0.3, -0.25) is 0 Å². The van der Waals surface area contributed by atoms with E-state index in [1.807, 2.05) is 90.4 Å². The van der Waals surface area contributed by atoms with E-state index in [-0.39, 0.29) is 52.4 Å². The van der Waals surface area contributed by atoms with Crippen LogP contribution in [0.3, 0.4) is 0 Å². The summed E-state index contributed by atoms with van der Waals surface area (Å²) in [4.78, 5) is 38.6. The third-order valence-electron chi connectivity index (χ3n) is 5.71. The van der Waals surface area contributed by atoms with E-state index in [0.717, 1.165) is 0 Å². The van der Waals surface area contributed by atoms with Crippen molar-refractivity contribution in [3.8, 4) is 23.0 Å². The summed E-state index contributed by atoms with van der Waals surface area (Å²) in [5.74, 6) is -3.50. The van der Waals surface area contributed by atoms with Crippen molar-refractivity contribution < 1.29 is 51.8 Å². The van der Waals surface area contributed by atoms with Gasteiger partial charge in [0.15, 0.2) is 0 Å². The minimum absolute atomic E-state index is 0.0250. The first-order valence-electron chi connectivity index (χ1n) is 12.0. The molecule has 0 heterocycles. The quantitative estimate of drug-likeness (QED) is 0.0777. The number of hydrogen-bond donors (Lipinski definition) is 2. The lowest BCUT2D eigenvalue weighted by molar-refractivity contribution is 0.0469. The molecule has 4 aromatic carbocycles. The summed E-state index contributed by atoms with van der Waals surface area (Å²) in [5, 5.41) is 20.9. The highest BCUT2D eigenvalue weighted by Gasteiger charge is 2.22. The number of benzene rings is 4. The topological polar surface area (TPSA) is 177 Å². The van der Waals surface area contributed by atoms with E-state index < -0.39 is 39.5 Å². The van der Waals surface area contributed by atoms with Gasteiger partial charge in [-0.15, -0.1) is 0 Å². The van der Waals surface area contributed by atoms with E-state index in [9.17, 15) is 37.6 Å². The van der Waals surface area contributed by atoms with Crippen molar-refractivity contribution in [1.29, 1.82) is 0 Å². The highest BCUT2D eigenvalue weighted by molar-refractivity contribution is 14.1. The standard InChI is InChI=1S/C28H14I6O11S/c29-13-5-17(23(35)19(31)7-13)27(38)44-15-1-11(2-16(9-15)45-28(39)18-6-14(30)8-20(32)24(18)36)10-43-26(37)12-3-21(33)25(22(34)4-12)46(40,41)42/h1-9,35-36H,10H2,(H,40,41,42)/p-1. The molecule has 0 aromatic heterocycles. The first kappa shape index (κ1) is 38.0. The van der Waals surface area contributed by atoms with E-state index in [1.54, 1.807) is 57.3 Å². The molecule has 0 radical (unpaired) electrons. The Bertz CT molecular complexity index is 1920. The van der Waals surface area contributed by atoms with Gasteiger partial charge < -0.3 is 29.0 Å². The van der Waals surface area contributed by atoms with Crippen LogP contribution in [0.25, 0.3) is 0 Å². The Morgan fingerprint density at radius 1 is 0.630 bits per heavy atom. The second kappa shape index (κ2) is 15.8. The van der Waals surface area contributed by atoms with Gasteiger partial charge in [0.25, 0.3) is 0 Å². The molecule has 0 bridgehead atoms. The molecule has 0 unspecified atom stereocenters. The number of phenolic OH excluding ortho intramolecular Hbond substituents is 2. The molecule has 0 amide bonds. The summed E-state index contributed by atoms with van der Waals surface area (Å²) in [6.45, 7) is -0.414. The molecular formula is C28H13I6O11S-. The van der Waals surface area contributed by atoms with Crippen LogP contribution >= 0.6 is 136 Å². The number of hydrogen-bond acceptors (Lipinski definition) is 11. The van der Waals surface area contributed by atoms with Crippen LogP contribution in [-0.4, -0.2) is 41.1 Å². The van der Waals surface area contributed by atoms with Gasteiger partial charge in [0.05, 0.1) is 17.6 Å². The monoisotopic (exact) mass is 1320 g/mol. The lowest BCUT2D eigenvalue weighted by Crippen LogP contribution is -2.13. The van der Waals surface area contributed by atoms with Crippen molar-refractivity contribution in [3.63, 3.8) is 0 Å². The molecule has 4 rings (SSSR count). The van der Waals surface area contributed by atoms with E-state index in [4.69, 9.17) is 14.2 Å². The van der Waals surface area contributed by atoms with Crippen molar-refractivity contribution in [1.82, 2.24) is 0 Å². The summed E-state index contributed by atoms with van der Waals surface area (Å²) >= 11 is 11.0. The average molecular weight is 1320 g/mol. The van der Waals surface area contributed by atoms with Crippen molar-refractivity contribution >= 4 is 164 Å². The Labute approximate surface area is 343 Å². The molecule has 240 valence electrons. The van der Waals surface area contributed by atoms with Crippen molar-refractivity contribution in [2.24, 2.45) is 0 Å². The first-order chi connectivity index (χ1) is 21.4. The molecule has 0 atom stereocenters. The fourth-order valence-electron chi connectivity index (χ4n) is 3.75. The zero-order valence-electron chi connectivity index (χ0n) is 22.1. The number of aromatic hydroxyl groups is 2. The van der Waals surface area contributed by atoms with Gasteiger partial charge in [0.2, 0.25) is 0 Å². The molecule has 0 saturated heterocycles. The summed E-state index contributed by atoms with van der Waals surface area (Å²) in [7, 11) is -4.78. The molecule has 0 saturated carbocycles. The molecular weight excluding hydrogens is 1310 g/mol. The Balaban J connectivity index is 1.66. The zero-order valence-corrected chi connectivity index (χ0v) is 35.9. The molecule has 11 nitrogen and oxygen atoms in total. The van der Waals surface area contributed by atoms with Crippen LogP contribution in [-0.2, 0) is 21.5 Å². The van der Waals surface area contributed by atoms with Crippen LogP contribution in [0.4, 0.5) is 0 Å². The van der Waals surface area contributed by atoms with E-state index >= 15 is 0 Å². The van der Waals surface area contributed by atoms with Crippen molar-refractivity contribution in [3.05, 3.63) is 98.3 Å². The molecule has 0 fully saturated rings. The number of carbonyl (C=O) groups excluding carboxylic acids is 3. The van der Waals surface area contributed by atoms with Crippen LogP contribution in [0.5, 0.6) is 23.0 Å². The van der Waals surface area contributed by atoms with Gasteiger partial charge in [-0.2, -0.15) is 0 Å². The van der Waals surface area contributed by atoms with E-state index in [2.05, 4.69) is 0 Å². The zero-order chi connectivity index (χ0) is 34.1. The molecule has 4 aromatic rings. The van der Waals surface area contributed by atoms with Gasteiger partial charge in [-0.25, -0.2) is 22.8 Å². The number of ether oxygens (including phenoxy) is 3. The third kappa shape index (κ3) is 9.45. The maximum atomic E-state index is 13.1. The highest BCUT2D eigenvalue weighted by Crippen LogP contribution is 2.32. The van der Waals surface area contributed by atoms with Crippen LogP contribution in [0.1, 0.15) is 36.6 Å². The number of carbonyl (C=O) groups is 3. The van der Waals surface area contributed by atoms with Crippen LogP contribution in [0.15, 0.2) is 59.5 Å². The summed E-state index contributed by atoms with van der Waals surface area (Å²) < 4.78 is 53.4. The lowest BCUT2D eigenvalue weighted by Gasteiger charge is -2.14. The van der Waals surface area contributed by atoms with E-state index in [0.29, 0.717) is 14.3 Å². The van der Waals surface area contributed by atoms with Gasteiger partial charge in [-0.05, 0) is 190 Å². The Kier molecular flexibility index (Phi) is 13.1. The van der Waals surface area contributed by atoms with E-state index in [1.165, 1.54) is 42.5 Å². The summed E-state index contributed by atoms with van der Waals surface area (Å²) in [5.41, 5.74) is -0.0361. The summed E-state index contributed by atoms with van der Waals surface area (Å²) in [6, 6.07) is 12.5. The predicted octanol–water partition coefficient (Wildman–Crippen LogP) is 7.42. The van der Waals surface area contributed by atoms with Gasteiger partial charge in [0.1, 0.15) is 50.8 Å². The smallest absolute Gasteiger partial charge is 0.347 e. The summed E-state index contributed by atoms with van der Waals surface area (Å²) in [6.07, 6.45) is 0. The van der Waals surface area contributed by atoms with Crippen LogP contribution in [0.2, 0.25) is 0 Å². The molecule has 46 heavy (non-hydrogen) atoms. The predicted molar refractivity (Wildman–Crippen MR) is 212 cm³/mol. The Hall–Kier alpha value is -0.820. The second-order valence-electron chi connectivity index (χ2n) is 8.96. The minimum Gasteiger partial charge on any atom is -0.744 e. The minimum atomic E-state index is -4.78. The molecule has 0 aliphatic heterocycles. The third-order valence-corrected chi connectivity index (χ3v) is 12.0. The number of halogens is 6. The normalized spacial score (nSPS) is 11.2. The first-order valence-corrected chi connectivity index (χ1v) is 19.9. The maximum absolute atomic E-state index is 13.1. The van der Waals surface area contributed by atoms with Crippen LogP contribution in [0, 0.1) is 21.4 Å². The fourth-order valence-corrected chi connectivity index (χ4v) is 11.4. The number of esters is 3. The largest absolute Gasteiger partial charge is 0.744 e. The average Bonchev–Trinajstić information content (AvgIpc) is 2.94. The van der Waals surface area contributed by atoms with Gasteiger partial charge in [-0.1, -0.05) is 0 Å².